The zero-order chi connectivity index (χ0) is 12.3. The second-order valence-corrected chi connectivity index (χ2v) is 3.97. The van der Waals surface area contributed by atoms with Gasteiger partial charge in [0, 0.05) is 12.5 Å². The smallest absolute Gasteiger partial charge is 0.165 e. The van der Waals surface area contributed by atoms with Gasteiger partial charge in [-0.1, -0.05) is 13.8 Å². The first kappa shape index (κ1) is 12.2. The molecule has 1 rings (SSSR count). The highest BCUT2D eigenvalue weighted by Gasteiger charge is 2.16. The topological polar surface area (TPSA) is 87.0 Å². The number of phenols is 2. The van der Waals surface area contributed by atoms with Gasteiger partial charge in [-0.3, -0.25) is 4.79 Å². The van der Waals surface area contributed by atoms with E-state index in [9.17, 15) is 14.8 Å². The second kappa shape index (κ2) is 4.74. The van der Waals surface area contributed by atoms with Gasteiger partial charge in [0.25, 0.3) is 0 Å². The van der Waals surface area contributed by atoms with Crippen LogP contribution in [-0.2, 0) is 0 Å². The first-order valence-corrected chi connectivity index (χ1v) is 4.88. The Kier molecular flexibility index (Phi) is 3.60. The van der Waals surface area contributed by atoms with Crippen LogP contribution in [-0.4, -0.2) is 16.0 Å². The Morgan fingerprint density at radius 3 is 2.38 bits per heavy atom. The summed E-state index contributed by atoms with van der Waals surface area (Å²) in [5.74, 6) is -1.03. The fourth-order valence-corrected chi connectivity index (χ4v) is 1.35. The molecule has 86 valence electrons. The third-order valence-corrected chi connectivity index (χ3v) is 2.09. The SMILES string of the molecule is CC(C)CC(=O)c1cc(O)c(O)cc1N=O. The molecule has 0 aliphatic rings. The van der Waals surface area contributed by atoms with Crippen LogP contribution >= 0.6 is 0 Å². The molecular weight excluding hydrogens is 210 g/mol. The van der Waals surface area contributed by atoms with Crippen LogP contribution < -0.4 is 0 Å². The van der Waals surface area contributed by atoms with Crippen molar-refractivity contribution in [3.8, 4) is 11.5 Å². The second-order valence-electron chi connectivity index (χ2n) is 3.97. The van der Waals surface area contributed by atoms with Crippen molar-refractivity contribution in [1.82, 2.24) is 0 Å². The van der Waals surface area contributed by atoms with Crippen molar-refractivity contribution in [3.63, 3.8) is 0 Å². The lowest BCUT2D eigenvalue weighted by Gasteiger charge is -2.07. The molecule has 0 aliphatic heterocycles. The number of rotatable bonds is 4. The molecule has 0 spiro atoms. The maximum atomic E-state index is 11.7. The molecule has 16 heavy (non-hydrogen) atoms. The lowest BCUT2D eigenvalue weighted by Crippen LogP contribution is -2.03. The van der Waals surface area contributed by atoms with Crippen LogP contribution in [0.5, 0.6) is 11.5 Å². The highest BCUT2D eigenvalue weighted by Crippen LogP contribution is 2.33. The molecule has 0 atom stereocenters. The van der Waals surface area contributed by atoms with E-state index in [-0.39, 0.29) is 29.4 Å². The van der Waals surface area contributed by atoms with Gasteiger partial charge < -0.3 is 10.2 Å². The molecule has 5 heteroatoms. The van der Waals surface area contributed by atoms with Crippen LogP contribution in [0.3, 0.4) is 0 Å². The maximum Gasteiger partial charge on any atom is 0.165 e. The zero-order valence-corrected chi connectivity index (χ0v) is 9.10. The first-order chi connectivity index (χ1) is 7.45. The van der Waals surface area contributed by atoms with Crippen molar-refractivity contribution in [2.45, 2.75) is 20.3 Å². The summed E-state index contributed by atoms with van der Waals surface area (Å²) in [5.41, 5.74) is -0.111. The molecule has 0 heterocycles. The van der Waals surface area contributed by atoms with E-state index < -0.39 is 11.5 Å². The number of carbonyl (C=O) groups excluding carboxylic acids is 1. The van der Waals surface area contributed by atoms with Crippen molar-refractivity contribution >= 4 is 11.5 Å². The molecule has 0 bridgehead atoms. The van der Waals surface area contributed by atoms with Crippen LogP contribution in [0.2, 0.25) is 0 Å². The van der Waals surface area contributed by atoms with Crippen LogP contribution in [0, 0.1) is 10.8 Å². The largest absolute Gasteiger partial charge is 0.504 e. The van der Waals surface area contributed by atoms with E-state index in [1.807, 2.05) is 13.8 Å². The first-order valence-electron chi connectivity index (χ1n) is 4.88. The summed E-state index contributed by atoms with van der Waals surface area (Å²) >= 11 is 0. The molecule has 0 unspecified atom stereocenters. The van der Waals surface area contributed by atoms with Crippen molar-refractivity contribution in [1.29, 1.82) is 0 Å². The molecule has 1 aromatic rings. The van der Waals surface area contributed by atoms with Gasteiger partial charge in [0.1, 0.15) is 5.69 Å². The minimum atomic E-state index is -0.462. The highest BCUT2D eigenvalue weighted by molar-refractivity contribution is 6.01. The quantitative estimate of drug-likeness (QED) is 0.466. The van der Waals surface area contributed by atoms with Gasteiger partial charge >= 0.3 is 0 Å². The molecule has 0 amide bonds. The number of ketones is 1. The Balaban J connectivity index is 3.16. The van der Waals surface area contributed by atoms with Gasteiger partial charge in [-0.2, -0.15) is 0 Å². The van der Waals surface area contributed by atoms with E-state index in [0.29, 0.717) is 0 Å². The Bertz CT molecular complexity index is 426. The summed E-state index contributed by atoms with van der Waals surface area (Å²) in [7, 11) is 0. The van der Waals surface area contributed by atoms with Gasteiger partial charge in [-0.05, 0) is 17.2 Å². The molecule has 0 saturated heterocycles. The Hall–Kier alpha value is -1.91. The minimum absolute atomic E-state index is 0.0407. The van der Waals surface area contributed by atoms with Crippen LogP contribution in [0.1, 0.15) is 30.6 Å². The van der Waals surface area contributed by atoms with Crippen LogP contribution in [0.4, 0.5) is 5.69 Å². The average Bonchev–Trinajstić information content (AvgIpc) is 2.20. The summed E-state index contributed by atoms with van der Waals surface area (Å²) < 4.78 is 0. The number of nitroso groups, excluding NO2 is 1. The predicted molar refractivity (Wildman–Crippen MR) is 59.0 cm³/mol. The molecule has 0 radical (unpaired) electrons. The maximum absolute atomic E-state index is 11.7. The normalized spacial score (nSPS) is 10.4. The number of phenolic OH excluding ortho intramolecular Hbond substituents is 2. The van der Waals surface area contributed by atoms with Crippen LogP contribution in [0.25, 0.3) is 0 Å². The van der Waals surface area contributed by atoms with Gasteiger partial charge in [0.15, 0.2) is 17.3 Å². The fourth-order valence-electron chi connectivity index (χ4n) is 1.35. The number of aromatic hydroxyl groups is 2. The molecule has 5 nitrogen and oxygen atoms in total. The standard InChI is InChI=1S/C11H13NO4/c1-6(2)3-9(13)7-4-10(14)11(15)5-8(7)12-16/h4-6,14-15H,3H2,1-2H3. The summed E-state index contributed by atoms with van der Waals surface area (Å²) in [6.45, 7) is 3.73. The van der Waals surface area contributed by atoms with Gasteiger partial charge in [-0.15, -0.1) is 4.91 Å². The van der Waals surface area contributed by atoms with Gasteiger partial charge in [0.2, 0.25) is 0 Å². The number of hydrogen-bond acceptors (Lipinski definition) is 5. The summed E-state index contributed by atoms with van der Waals surface area (Å²) in [5, 5.41) is 21.1. The monoisotopic (exact) mass is 223 g/mol. The zero-order valence-electron chi connectivity index (χ0n) is 9.10. The molecule has 0 saturated carbocycles. The molecule has 0 aromatic heterocycles. The number of Topliss-reactive ketones (excluding diaryl/α,β-unsaturated/α-hetero) is 1. The number of hydrogen-bond donors (Lipinski definition) is 2. The molecule has 1 aromatic carbocycles. The van der Waals surface area contributed by atoms with E-state index >= 15 is 0 Å². The van der Waals surface area contributed by atoms with Gasteiger partial charge in [0.05, 0.1) is 5.56 Å². The van der Waals surface area contributed by atoms with E-state index in [0.717, 1.165) is 12.1 Å². The lowest BCUT2D eigenvalue weighted by molar-refractivity contribution is 0.0968. The third-order valence-electron chi connectivity index (χ3n) is 2.09. The lowest BCUT2D eigenvalue weighted by atomic mass is 9.99. The van der Waals surface area contributed by atoms with E-state index in [1.54, 1.807) is 0 Å². The Morgan fingerprint density at radius 2 is 1.88 bits per heavy atom. The Labute approximate surface area is 92.7 Å². The summed E-state index contributed by atoms with van der Waals surface area (Å²) in [6, 6.07) is 2.05. The summed E-state index contributed by atoms with van der Waals surface area (Å²) in [4.78, 5) is 22.2. The van der Waals surface area contributed by atoms with Crippen molar-refractivity contribution in [2.24, 2.45) is 11.1 Å². The summed E-state index contributed by atoms with van der Waals surface area (Å²) in [6.07, 6.45) is 0.257. The highest BCUT2D eigenvalue weighted by atomic mass is 16.3. The Morgan fingerprint density at radius 1 is 1.31 bits per heavy atom. The van der Waals surface area contributed by atoms with Crippen molar-refractivity contribution in [2.75, 3.05) is 0 Å². The predicted octanol–water partition coefficient (Wildman–Crippen LogP) is 2.72. The fraction of sp³-hybridized carbons (Fsp3) is 0.364. The molecule has 0 fully saturated rings. The van der Waals surface area contributed by atoms with Crippen molar-refractivity contribution < 1.29 is 15.0 Å². The molecular formula is C11H13NO4. The van der Waals surface area contributed by atoms with E-state index in [1.165, 1.54) is 0 Å². The van der Waals surface area contributed by atoms with Crippen molar-refractivity contribution in [3.05, 3.63) is 22.6 Å². The number of nitrogens with zero attached hydrogens (tertiary/aromatic N) is 1. The van der Waals surface area contributed by atoms with Crippen LogP contribution in [0.15, 0.2) is 17.3 Å². The number of carbonyl (C=O) groups is 1. The molecule has 2 N–H and O–H groups in total. The van der Waals surface area contributed by atoms with E-state index in [4.69, 9.17) is 5.11 Å². The molecule has 0 aliphatic carbocycles. The number of benzene rings is 1. The van der Waals surface area contributed by atoms with E-state index in [2.05, 4.69) is 5.18 Å². The average molecular weight is 223 g/mol. The minimum Gasteiger partial charge on any atom is -0.504 e. The third kappa shape index (κ3) is 2.56. The van der Waals surface area contributed by atoms with Gasteiger partial charge in [-0.25, -0.2) is 0 Å².